The Morgan fingerprint density at radius 2 is 1.74 bits per heavy atom. The van der Waals surface area contributed by atoms with E-state index >= 15 is 0 Å². The predicted molar refractivity (Wildman–Crippen MR) is 142 cm³/mol. The average Bonchev–Trinajstić information content (AvgIpc) is 3.38. The second kappa shape index (κ2) is 11.9. The number of benzene rings is 1. The van der Waals surface area contributed by atoms with Crippen LogP contribution in [0.15, 0.2) is 55.7 Å². The maximum Gasteiger partial charge on any atom is 0.332 e. The van der Waals surface area contributed by atoms with Gasteiger partial charge in [-0.3, -0.25) is 13.9 Å². The number of nitrogens with one attached hydrogen (secondary N) is 1. The lowest BCUT2D eigenvalue weighted by molar-refractivity contribution is 0.186. The lowest BCUT2D eigenvalue weighted by atomic mass is 10.0. The third-order valence-corrected chi connectivity index (χ3v) is 6.75. The summed E-state index contributed by atoms with van der Waals surface area (Å²) in [4.78, 5) is 29.7. The molecule has 0 saturated heterocycles. The molecule has 7 nitrogen and oxygen atoms in total. The van der Waals surface area contributed by atoms with Crippen LogP contribution in [0, 0.1) is 12.8 Å². The summed E-state index contributed by atoms with van der Waals surface area (Å²) in [6.07, 6.45) is 3.24. The molecule has 0 amide bonds. The van der Waals surface area contributed by atoms with Crippen molar-refractivity contribution in [1.82, 2.24) is 9.13 Å². The average molecular weight is 483 g/mol. The molecule has 0 aliphatic rings. The van der Waals surface area contributed by atoms with Crippen molar-refractivity contribution >= 4 is 29.1 Å². The molecule has 2 heterocycles. The van der Waals surface area contributed by atoms with Crippen LogP contribution in [0.2, 0.25) is 0 Å². The van der Waals surface area contributed by atoms with Crippen LogP contribution in [0.25, 0.3) is 11.1 Å². The largest absolute Gasteiger partial charge is 0.374 e. The smallest absolute Gasteiger partial charge is 0.332 e. The molecule has 0 radical (unpaired) electrons. The first-order valence-corrected chi connectivity index (χ1v) is 12.8. The Labute approximate surface area is 204 Å². The number of aliphatic imine (C=N–C) groups is 1. The van der Waals surface area contributed by atoms with Crippen LogP contribution >= 0.6 is 11.3 Å². The SMILES string of the molecule is CCC(C=Nc1c(C)c(=O)n(CC)c(=O)n1CC)CCC(O)Nc1ccc(-c2ccsc2)cc1. The molecule has 2 unspecified atom stereocenters. The van der Waals surface area contributed by atoms with Crippen molar-refractivity contribution in [2.75, 3.05) is 5.32 Å². The maximum atomic E-state index is 12.6. The zero-order valence-electron chi connectivity index (χ0n) is 20.3. The van der Waals surface area contributed by atoms with E-state index in [2.05, 4.69) is 34.1 Å². The quantitative estimate of drug-likeness (QED) is 0.296. The first-order valence-electron chi connectivity index (χ1n) is 11.8. The van der Waals surface area contributed by atoms with Crippen LogP contribution < -0.4 is 16.6 Å². The number of rotatable bonds is 11. The van der Waals surface area contributed by atoms with E-state index in [0.717, 1.165) is 24.1 Å². The van der Waals surface area contributed by atoms with Gasteiger partial charge in [-0.1, -0.05) is 19.1 Å². The van der Waals surface area contributed by atoms with Gasteiger partial charge in [-0.2, -0.15) is 11.3 Å². The molecule has 0 aliphatic carbocycles. The Morgan fingerprint density at radius 1 is 1.03 bits per heavy atom. The third kappa shape index (κ3) is 5.93. The standard InChI is InChI=1S/C26H34N4O3S/c1-5-19(16-27-24-18(4)25(32)30(7-3)26(33)29(24)6-2)8-13-23(31)28-22-11-9-20(10-12-22)21-14-15-34-17-21/h9-12,14-17,19,23,28,31H,5-8,13H2,1-4H3. The van der Waals surface area contributed by atoms with Crippen molar-refractivity contribution < 1.29 is 5.11 Å². The number of anilines is 1. The highest BCUT2D eigenvalue weighted by molar-refractivity contribution is 7.08. The minimum atomic E-state index is -0.682. The van der Waals surface area contributed by atoms with Gasteiger partial charge in [-0.25, -0.2) is 9.79 Å². The van der Waals surface area contributed by atoms with Gasteiger partial charge in [0.1, 0.15) is 12.0 Å². The molecule has 0 aliphatic heterocycles. The molecule has 0 saturated carbocycles. The van der Waals surface area contributed by atoms with E-state index in [9.17, 15) is 14.7 Å². The van der Waals surface area contributed by atoms with E-state index in [1.54, 1.807) is 29.8 Å². The molecule has 182 valence electrons. The highest BCUT2D eigenvalue weighted by Crippen LogP contribution is 2.24. The number of hydrogen-bond donors (Lipinski definition) is 2. The molecule has 2 aromatic heterocycles. The minimum absolute atomic E-state index is 0.117. The summed E-state index contributed by atoms with van der Waals surface area (Å²) in [5.41, 5.74) is 3.07. The van der Waals surface area contributed by atoms with E-state index in [-0.39, 0.29) is 17.2 Å². The van der Waals surface area contributed by atoms with Crippen LogP contribution in [0.1, 0.15) is 45.6 Å². The van der Waals surface area contributed by atoms with Crippen molar-refractivity contribution in [3.8, 4) is 11.1 Å². The summed E-state index contributed by atoms with van der Waals surface area (Å²) in [7, 11) is 0. The predicted octanol–water partition coefficient (Wildman–Crippen LogP) is 5.03. The summed E-state index contributed by atoms with van der Waals surface area (Å²) in [5.74, 6) is 0.538. The molecule has 2 N–H and O–H groups in total. The third-order valence-electron chi connectivity index (χ3n) is 6.07. The van der Waals surface area contributed by atoms with Crippen molar-refractivity contribution in [2.45, 2.75) is 66.3 Å². The van der Waals surface area contributed by atoms with E-state index in [4.69, 9.17) is 0 Å². The lowest BCUT2D eigenvalue weighted by Gasteiger charge is -2.17. The van der Waals surface area contributed by atoms with E-state index < -0.39 is 6.23 Å². The molecule has 3 aromatic rings. The fraction of sp³-hybridized carbons (Fsp3) is 0.423. The summed E-state index contributed by atoms with van der Waals surface area (Å²) in [6, 6.07) is 10.1. The Morgan fingerprint density at radius 3 is 2.32 bits per heavy atom. The maximum absolute atomic E-state index is 12.6. The molecule has 3 rings (SSSR count). The number of thiophene rings is 1. The molecule has 0 bridgehead atoms. The van der Waals surface area contributed by atoms with E-state index in [1.807, 2.05) is 37.4 Å². The number of nitrogens with zero attached hydrogens (tertiary/aromatic N) is 3. The summed E-state index contributed by atoms with van der Waals surface area (Å²) >= 11 is 1.67. The number of aliphatic hydroxyl groups is 1. The van der Waals surface area contributed by atoms with Crippen molar-refractivity contribution in [3.63, 3.8) is 0 Å². The Kier molecular flexibility index (Phi) is 9.01. The minimum Gasteiger partial charge on any atom is -0.374 e. The van der Waals surface area contributed by atoms with Gasteiger partial charge in [0.2, 0.25) is 0 Å². The Balaban J connectivity index is 1.63. The zero-order chi connectivity index (χ0) is 24.7. The lowest BCUT2D eigenvalue weighted by Crippen LogP contribution is -2.40. The molecular formula is C26H34N4O3S. The first kappa shape index (κ1) is 25.6. The fourth-order valence-corrected chi connectivity index (χ4v) is 4.60. The van der Waals surface area contributed by atoms with Gasteiger partial charge < -0.3 is 10.4 Å². The summed E-state index contributed by atoms with van der Waals surface area (Å²) in [6.45, 7) is 8.21. The van der Waals surface area contributed by atoms with Gasteiger partial charge in [0.25, 0.3) is 5.56 Å². The van der Waals surface area contributed by atoms with Gasteiger partial charge >= 0.3 is 5.69 Å². The zero-order valence-corrected chi connectivity index (χ0v) is 21.1. The van der Waals surface area contributed by atoms with Gasteiger partial charge in [0.15, 0.2) is 0 Å². The van der Waals surface area contributed by atoms with E-state index in [0.29, 0.717) is 30.9 Å². The van der Waals surface area contributed by atoms with E-state index in [1.165, 1.54) is 10.1 Å². The number of aliphatic hydroxyl groups excluding tert-OH is 1. The van der Waals surface area contributed by atoms with Crippen LogP contribution in [0.4, 0.5) is 11.5 Å². The molecule has 34 heavy (non-hydrogen) atoms. The van der Waals surface area contributed by atoms with Crippen molar-refractivity contribution in [3.05, 3.63) is 67.5 Å². The Bertz CT molecular complexity index is 1210. The molecule has 2 atom stereocenters. The molecule has 0 spiro atoms. The van der Waals surface area contributed by atoms with Crippen molar-refractivity contribution in [1.29, 1.82) is 0 Å². The fourth-order valence-electron chi connectivity index (χ4n) is 3.94. The summed E-state index contributed by atoms with van der Waals surface area (Å²) in [5, 5.41) is 17.8. The van der Waals surface area contributed by atoms with Crippen LogP contribution in [0.5, 0.6) is 0 Å². The molecule has 8 heteroatoms. The molecular weight excluding hydrogens is 448 g/mol. The van der Waals surface area contributed by atoms with Crippen LogP contribution in [-0.2, 0) is 13.1 Å². The number of aromatic nitrogens is 2. The van der Waals surface area contributed by atoms with Gasteiger partial charge in [0, 0.05) is 25.0 Å². The van der Waals surface area contributed by atoms with Gasteiger partial charge in [-0.05, 0) is 86.0 Å². The molecule has 0 fully saturated rings. The highest BCUT2D eigenvalue weighted by atomic mass is 32.1. The monoisotopic (exact) mass is 482 g/mol. The highest BCUT2D eigenvalue weighted by Gasteiger charge is 2.15. The number of hydrogen-bond acceptors (Lipinski definition) is 6. The van der Waals surface area contributed by atoms with Crippen LogP contribution in [-0.4, -0.2) is 26.7 Å². The van der Waals surface area contributed by atoms with Crippen LogP contribution in [0.3, 0.4) is 0 Å². The molecule has 1 aromatic carbocycles. The topological polar surface area (TPSA) is 88.6 Å². The second-order valence-electron chi connectivity index (χ2n) is 8.30. The van der Waals surface area contributed by atoms with Gasteiger partial charge in [0.05, 0.1) is 5.56 Å². The second-order valence-corrected chi connectivity index (χ2v) is 9.08. The first-order chi connectivity index (χ1) is 16.4. The summed E-state index contributed by atoms with van der Waals surface area (Å²) < 4.78 is 2.78. The van der Waals surface area contributed by atoms with Crippen molar-refractivity contribution in [2.24, 2.45) is 10.9 Å². The normalized spacial score (nSPS) is 13.3. The van der Waals surface area contributed by atoms with Gasteiger partial charge in [-0.15, -0.1) is 0 Å². The Hall–Kier alpha value is -2.97.